The molecule has 0 heterocycles. The van der Waals surface area contributed by atoms with Crippen LogP contribution in [0.5, 0.6) is 0 Å². The summed E-state index contributed by atoms with van der Waals surface area (Å²) in [7, 11) is -7.03. The smallest absolute Gasteiger partial charge is 0.781 e. The van der Waals surface area contributed by atoms with Crippen molar-refractivity contribution >= 4 is 49.8 Å². The van der Waals surface area contributed by atoms with Crippen molar-refractivity contribution in [3.05, 3.63) is 0 Å². The van der Waals surface area contributed by atoms with Gasteiger partial charge in [-0.25, -0.2) is 0 Å². The van der Waals surface area contributed by atoms with E-state index in [2.05, 4.69) is 4.31 Å². The van der Waals surface area contributed by atoms with Gasteiger partial charge in [0.25, 0.3) is 0 Å². The minimum absolute atomic E-state index is 0. The predicted octanol–water partition coefficient (Wildman–Crippen LogP) is -0.456. The Bertz CT molecular complexity index is 109. The van der Waals surface area contributed by atoms with Gasteiger partial charge in [0.1, 0.15) is 16.5 Å². The summed E-state index contributed by atoms with van der Waals surface area (Å²) in [5.41, 5.74) is 0. The molecule has 5 nitrogen and oxygen atoms in total. The van der Waals surface area contributed by atoms with Gasteiger partial charge in [0.2, 0.25) is 0 Å². The molecule has 2 atom stereocenters. The van der Waals surface area contributed by atoms with Crippen molar-refractivity contribution in [2.45, 2.75) is 0 Å². The summed E-state index contributed by atoms with van der Waals surface area (Å²) in [6.45, 7) is 0. The van der Waals surface area contributed by atoms with Crippen molar-refractivity contribution < 1.29 is 23.2 Å². The van der Waals surface area contributed by atoms with Crippen LogP contribution in [0.1, 0.15) is 0 Å². The average Bonchev–Trinajstić information content (AvgIpc) is 1.62. The second kappa shape index (κ2) is 13.7. The first-order valence-electron chi connectivity index (χ1n) is 1.76. The van der Waals surface area contributed by atoms with E-state index >= 15 is 0 Å². The molecule has 0 rings (SSSR count). The van der Waals surface area contributed by atoms with Crippen LogP contribution in [-0.4, -0.2) is 15.5 Å². The zero-order chi connectivity index (χ0) is 8.57. The molecule has 0 saturated carbocycles. The van der Waals surface area contributed by atoms with Crippen LogP contribution in [0.15, 0.2) is 0 Å². The largest absolute Gasteiger partial charge is 2.00 e. The fraction of sp³-hybridized carbons (Fsp3) is 1.00. The summed E-state index contributed by atoms with van der Waals surface area (Å²) in [4.78, 5) is 18.6. The van der Waals surface area contributed by atoms with E-state index in [0.717, 1.165) is 0 Å². The molecule has 0 aromatic heterocycles. The first kappa shape index (κ1) is 18.0. The van der Waals surface area contributed by atoms with E-state index in [9.17, 15) is 18.9 Å². The molecule has 0 N–H and O–H groups in total. The van der Waals surface area contributed by atoms with E-state index in [1.165, 1.54) is 0 Å². The molecule has 0 aliphatic heterocycles. The van der Waals surface area contributed by atoms with Gasteiger partial charge in [-0.2, -0.15) is 0 Å². The number of alkyl halides is 2. The van der Waals surface area contributed by atoms with Gasteiger partial charge in [0, 0.05) is 0 Å². The molecule has 0 aliphatic rings. The third-order valence-corrected chi connectivity index (χ3v) is 1.50. The standard InChI is InChI=1S/CH2Cl2.Be.H4O5P2/c2-1-3;;1-6(2)5-7(3)4/h1H2;;6-7H,(H,1,2)(H,3,4)/q;+2;/p-2. The van der Waals surface area contributed by atoms with Crippen LogP contribution in [0.25, 0.3) is 0 Å². The van der Waals surface area contributed by atoms with E-state index in [0.29, 0.717) is 0 Å². The Morgan fingerprint density at radius 2 is 1.36 bits per heavy atom. The van der Waals surface area contributed by atoms with E-state index < -0.39 is 16.5 Å². The summed E-state index contributed by atoms with van der Waals surface area (Å²) >= 11 is 9.53. The Morgan fingerprint density at radius 1 is 1.18 bits per heavy atom. The Kier molecular flexibility index (Phi) is 22.4. The summed E-state index contributed by atoms with van der Waals surface area (Å²) in [6.07, 6.45) is 0. The van der Waals surface area contributed by atoms with Crippen LogP contribution in [-0.2, 0) is 13.4 Å². The SMILES string of the molecule is ClCCl.O=[PH]([O-])O[PH](=O)[O-].[Be+2]. The van der Waals surface area contributed by atoms with Crippen molar-refractivity contribution in [1.82, 2.24) is 0 Å². The summed E-state index contributed by atoms with van der Waals surface area (Å²) in [6, 6.07) is 0. The Morgan fingerprint density at radius 3 is 1.36 bits per heavy atom. The number of rotatable bonds is 2. The number of hydrogen-bond donors (Lipinski definition) is 0. The topological polar surface area (TPSA) is 89.5 Å². The Balaban J connectivity index is -0.000000140. The fourth-order valence-corrected chi connectivity index (χ4v) is 0.612. The summed E-state index contributed by atoms with van der Waals surface area (Å²) < 4.78 is 21.8. The van der Waals surface area contributed by atoms with Crippen molar-refractivity contribution in [1.29, 1.82) is 0 Å². The van der Waals surface area contributed by atoms with Gasteiger partial charge in [0.05, 0.1) is 5.34 Å². The molecule has 0 aromatic carbocycles. The zero-order valence-corrected chi connectivity index (χ0v) is 8.72. The summed E-state index contributed by atoms with van der Waals surface area (Å²) in [5.74, 6) is 0. The molecule has 0 bridgehead atoms. The number of hydrogen-bond acceptors (Lipinski definition) is 5. The van der Waals surface area contributed by atoms with Crippen molar-refractivity contribution in [3.63, 3.8) is 0 Å². The molecular weight excluding hydrogens is 234 g/mol. The second-order valence-corrected chi connectivity index (χ2v) is 3.33. The van der Waals surface area contributed by atoms with E-state index in [-0.39, 0.29) is 15.5 Å². The van der Waals surface area contributed by atoms with Gasteiger partial charge in [0.15, 0.2) is 0 Å². The van der Waals surface area contributed by atoms with Gasteiger partial charge in [-0.05, 0) is 0 Å². The second-order valence-electron chi connectivity index (χ2n) is 0.703. The monoisotopic (exact) mass is 237 g/mol. The van der Waals surface area contributed by atoms with E-state index in [1.54, 1.807) is 0 Å². The van der Waals surface area contributed by atoms with Gasteiger partial charge in [-0.15, -0.1) is 23.2 Å². The van der Waals surface area contributed by atoms with Gasteiger partial charge < -0.3 is 18.9 Å². The first-order valence-corrected chi connectivity index (χ1v) is 5.28. The molecule has 0 aliphatic carbocycles. The molecular formula is CH4BeCl2O5P2. The van der Waals surface area contributed by atoms with Crippen molar-refractivity contribution in [3.8, 4) is 0 Å². The minimum Gasteiger partial charge on any atom is -0.781 e. The van der Waals surface area contributed by atoms with Crippen LogP contribution in [0.2, 0.25) is 0 Å². The normalized spacial score (nSPS) is 13.5. The quantitative estimate of drug-likeness (QED) is 0.369. The summed E-state index contributed by atoms with van der Waals surface area (Å²) in [5, 5.41) is 0.194. The van der Waals surface area contributed by atoms with Crippen LogP contribution < -0.4 is 9.79 Å². The average molecular weight is 238 g/mol. The molecule has 0 aromatic rings. The Labute approximate surface area is 78.8 Å². The maximum absolute atomic E-state index is 9.29. The van der Waals surface area contributed by atoms with E-state index in [4.69, 9.17) is 23.2 Å². The molecule has 0 spiro atoms. The van der Waals surface area contributed by atoms with Gasteiger partial charge in [-0.1, -0.05) is 0 Å². The fourth-order valence-electron chi connectivity index (χ4n) is 0.0680. The zero-order valence-electron chi connectivity index (χ0n) is 5.21. The first-order chi connectivity index (χ1) is 4.54. The Hall–Kier alpha value is 1.09. The molecule has 11 heavy (non-hydrogen) atoms. The molecule has 0 amide bonds. The van der Waals surface area contributed by atoms with Crippen molar-refractivity contribution in [2.24, 2.45) is 0 Å². The van der Waals surface area contributed by atoms with E-state index in [1.807, 2.05) is 0 Å². The van der Waals surface area contributed by atoms with Crippen LogP contribution in [0.3, 0.4) is 0 Å². The molecule has 0 fully saturated rings. The number of halogens is 2. The van der Waals surface area contributed by atoms with Crippen LogP contribution in [0.4, 0.5) is 0 Å². The molecule has 10 heteroatoms. The molecule has 64 valence electrons. The molecule has 2 unspecified atom stereocenters. The minimum atomic E-state index is -3.51. The van der Waals surface area contributed by atoms with Gasteiger partial charge in [-0.3, -0.25) is 4.31 Å². The predicted molar refractivity (Wildman–Crippen MR) is 41.4 cm³/mol. The third-order valence-electron chi connectivity index (χ3n) is 0.167. The van der Waals surface area contributed by atoms with Crippen LogP contribution in [0, 0.1) is 0 Å². The van der Waals surface area contributed by atoms with Gasteiger partial charge >= 0.3 is 10.1 Å². The maximum atomic E-state index is 9.29. The van der Waals surface area contributed by atoms with Crippen LogP contribution >= 0.6 is 39.7 Å². The molecule has 0 radical (unpaired) electrons. The van der Waals surface area contributed by atoms with Crippen molar-refractivity contribution in [2.75, 3.05) is 5.34 Å². The molecule has 0 saturated heterocycles. The third kappa shape index (κ3) is 35.4. The maximum Gasteiger partial charge on any atom is 2.00 e.